The first kappa shape index (κ1) is 18.9. The van der Waals surface area contributed by atoms with Crippen LogP contribution < -0.4 is 10.7 Å². The molecule has 2 amide bonds. The van der Waals surface area contributed by atoms with Gasteiger partial charge >= 0.3 is 6.09 Å². The van der Waals surface area contributed by atoms with Crippen molar-refractivity contribution >= 4 is 29.0 Å². The van der Waals surface area contributed by atoms with Crippen LogP contribution in [0, 0.1) is 0 Å². The molecule has 7 heteroatoms. The number of phenolic OH excluding ortho intramolecular Hbond substituents is 1. The Balaban J connectivity index is 1.48. The molecule has 0 spiro atoms. The summed E-state index contributed by atoms with van der Waals surface area (Å²) in [5.41, 5.74) is 3.64. The van der Waals surface area contributed by atoms with Gasteiger partial charge in [0.15, 0.2) is 0 Å². The predicted octanol–water partition coefficient (Wildman–Crippen LogP) is 2.92. The highest BCUT2D eigenvalue weighted by atomic mass is 16.5. The van der Waals surface area contributed by atoms with Gasteiger partial charge in [0.1, 0.15) is 18.9 Å². The molecule has 0 aliphatic heterocycles. The number of rotatable bonds is 6. The minimum atomic E-state index is -0.699. The Morgan fingerprint density at radius 1 is 1.00 bits per heavy atom. The third-order valence-electron chi connectivity index (χ3n) is 3.94. The fourth-order valence-electron chi connectivity index (χ4n) is 2.55. The molecule has 0 fully saturated rings. The molecule has 3 aromatic rings. The lowest BCUT2D eigenvalue weighted by atomic mass is 10.0. The van der Waals surface area contributed by atoms with Crippen molar-refractivity contribution in [2.45, 2.75) is 6.61 Å². The zero-order chi connectivity index (χ0) is 19.8. The molecule has 0 atom stereocenters. The first-order valence-electron chi connectivity index (χ1n) is 8.60. The molecule has 3 aromatic carbocycles. The zero-order valence-electron chi connectivity index (χ0n) is 15.0. The van der Waals surface area contributed by atoms with Gasteiger partial charge in [-0.25, -0.2) is 10.2 Å². The Morgan fingerprint density at radius 2 is 1.75 bits per heavy atom. The van der Waals surface area contributed by atoms with Crippen LogP contribution in [0.3, 0.4) is 0 Å². The van der Waals surface area contributed by atoms with Gasteiger partial charge in [-0.15, -0.1) is 0 Å². The number of fused-ring (bicyclic) bond motifs is 1. The topological polar surface area (TPSA) is 100 Å². The van der Waals surface area contributed by atoms with E-state index in [1.54, 1.807) is 12.1 Å². The molecule has 0 aliphatic carbocycles. The number of hydrogen-bond acceptors (Lipinski definition) is 5. The Hall–Kier alpha value is -3.87. The van der Waals surface area contributed by atoms with E-state index in [9.17, 15) is 14.7 Å². The van der Waals surface area contributed by atoms with Crippen LogP contribution in [0.15, 0.2) is 71.8 Å². The molecule has 142 valence electrons. The number of hydrazone groups is 1. The molecule has 0 radical (unpaired) electrons. The van der Waals surface area contributed by atoms with Crippen molar-refractivity contribution in [3.8, 4) is 5.75 Å². The van der Waals surface area contributed by atoms with E-state index >= 15 is 0 Å². The minimum absolute atomic E-state index is 0.0549. The lowest BCUT2D eigenvalue weighted by Gasteiger charge is -2.07. The van der Waals surface area contributed by atoms with E-state index in [-0.39, 0.29) is 18.9 Å². The van der Waals surface area contributed by atoms with E-state index in [2.05, 4.69) is 15.8 Å². The van der Waals surface area contributed by atoms with Crippen molar-refractivity contribution in [2.24, 2.45) is 5.10 Å². The highest BCUT2D eigenvalue weighted by molar-refractivity contribution is 6.02. The van der Waals surface area contributed by atoms with E-state index in [4.69, 9.17) is 4.74 Å². The second kappa shape index (κ2) is 9.18. The highest BCUT2D eigenvalue weighted by Gasteiger charge is 2.07. The van der Waals surface area contributed by atoms with Crippen LogP contribution in [0.1, 0.15) is 11.1 Å². The van der Waals surface area contributed by atoms with Crippen molar-refractivity contribution in [1.82, 2.24) is 10.7 Å². The lowest BCUT2D eigenvalue weighted by molar-refractivity contribution is -0.120. The number of nitrogens with one attached hydrogen (secondary N) is 2. The maximum absolute atomic E-state index is 11.8. The summed E-state index contributed by atoms with van der Waals surface area (Å²) in [7, 11) is 0. The number of benzene rings is 3. The number of phenols is 1. The number of amides is 2. The van der Waals surface area contributed by atoms with E-state index in [1.807, 2.05) is 54.6 Å². The fraction of sp³-hybridized carbons (Fsp3) is 0.0952. The Morgan fingerprint density at radius 3 is 2.57 bits per heavy atom. The highest BCUT2D eigenvalue weighted by Crippen LogP contribution is 2.25. The maximum Gasteiger partial charge on any atom is 0.407 e. The summed E-state index contributed by atoms with van der Waals surface area (Å²) < 4.78 is 5.01. The van der Waals surface area contributed by atoms with Crippen LogP contribution in [0.5, 0.6) is 5.75 Å². The number of nitrogens with zero attached hydrogens (tertiary/aromatic N) is 1. The summed E-state index contributed by atoms with van der Waals surface area (Å²) in [6, 6.07) is 20.1. The summed E-state index contributed by atoms with van der Waals surface area (Å²) >= 11 is 0. The summed E-state index contributed by atoms with van der Waals surface area (Å²) in [4.78, 5) is 23.4. The molecular formula is C21H19N3O4. The third kappa shape index (κ3) is 5.07. The first-order valence-corrected chi connectivity index (χ1v) is 8.60. The van der Waals surface area contributed by atoms with Crippen molar-refractivity contribution in [1.29, 1.82) is 0 Å². The van der Waals surface area contributed by atoms with Crippen molar-refractivity contribution in [3.63, 3.8) is 0 Å². The average Bonchev–Trinajstić information content (AvgIpc) is 2.73. The number of alkyl carbamates (subject to hydrolysis) is 1. The van der Waals surface area contributed by atoms with Crippen LogP contribution in [0.25, 0.3) is 10.8 Å². The smallest absolute Gasteiger partial charge is 0.407 e. The maximum atomic E-state index is 11.8. The van der Waals surface area contributed by atoms with Crippen molar-refractivity contribution in [3.05, 3.63) is 77.9 Å². The van der Waals surface area contributed by atoms with Crippen LogP contribution in [-0.2, 0) is 16.1 Å². The van der Waals surface area contributed by atoms with E-state index in [0.717, 1.165) is 16.3 Å². The summed E-state index contributed by atoms with van der Waals surface area (Å²) in [5, 5.41) is 18.0. The third-order valence-corrected chi connectivity index (χ3v) is 3.94. The first-order chi connectivity index (χ1) is 13.6. The van der Waals surface area contributed by atoms with Gasteiger partial charge in [-0.2, -0.15) is 5.10 Å². The second-order valence-electron chi connectivity index (χ2n) is 5.93. The zero-order valence-corrected chi connectivity index (χ0v) is 15.0. The normalized spacial score (nSPS) is 10.7. The van der Waals surface area contributed by atoms with Gasteiger partial charge in [0.05, 0.1) is 6.21 Å². The number of carbonyl (C=O) groups excluding carboxylic acids is 2. The number of carbonyl (C=O) groups is 2. The summed E-state index contributed by atoms with van der Waals surface area (Å²) in [6.07, 6.45) is 0.665. The van der Waals surface area contributed by atoms with Crippen LogP contribution in [0.2, 0.25) is 0 Å². The molecule has 0 bridgehead atoms. The lowest BCUT2D eigenvalue weighted by Crippen LogP contribution is -2.35. The second-order valence-corrected chi connectivity index (χ2v) is 5.93. The minimum Gasteiger partial charge on any atom is -0.507 e. The van der Waals surface area contributed by atoms with E-state index < -0.39 is 12.0 Å². The standard InChI is InChI=1S/C21H19N3O4/c25-19-11-10-16-8-4-5-9-17(16)18(19)12-23-24-20(26)13-22-21(27)28-14-15-6-2-1-3-7-15/h1-12,25H,13-14H2,(H,22,27)(H,24,26)/b23-12+. The van der Waals surface area contributed by atoms with Gasteiger partial charge in [0.25, 0.3) is 5.91 Å². The van der Waals surface area contributed by atoms with Gasteiger partial charge in [0.2, 0.25) is 0 Å². The van der Waals surface area contributed by atoms with Crippen molar-refractivity contribution in [2.75, 3.05) is 6.54 Å². The molecule has 0 saturated carbocycles. The molecule has 0 aromatic heterocycles. The van der Waals surface area contributed by atoms with Crippen LogP contribution in [0.4, 0.5) is 4.79 Å². The molecule has 3 rings (SSSR count). The van der Waals surface area contributed by atoms with Crippen molar-refractivity contribution < 1.29 is 19.4 Å². The molecule has 0 unspecified atom stereocenters. The summed E-state index contributed by atoms with van der Waals surface area (Å²) in [6.45, 7) is -0.167. The van der Waals surface area contributed by atoms with Gasteiger partial charge in [-0.05, 0) is 22.4 Å². The Labute approximate surface area is 161 Å². The quantitative estimate of drug-likeness (QED) is 0.454. The molecule has 7 nitrogen and oxygen atoms in total. The largest absolute Gasteiger partial charge is 0.507 e. The van der Waals surface area contributed by atoms with E-state index in [0.29, 0.717) is 5.56 Å². The Bertz CT molecular complexity index is 1000. The molecule has 0 heterocycles. The molecule has 0 aliphatic rings. The molecule has 0 saturated heterocycles. The average molecular weight is 377 g/mol. The Kier molecular flexibility index (Phi) is 6.20. The predicted molar refractivity (Wildman–Crippen MR) is 106 cm³/mol. The van der Waals surface area contributed by atoms with Gasteiger partial charge in [-0.1, -0.05) is 60.7 Å². The van der Waals surface area contributed by atoms with Crippen LogP contribution >= 0.6 is 0 Å². The number of ether oxygens (including phenoxy) is 1. The summed E-state index contributed by atoms with van der Waals surface area (Å²) in [5.74, 6) is -0.466. The monoisotopic (exact) mass is 377 g/mol. The molecule has 3 N–H and O–H groups in total. The fourth-order valence-corrected chi connectivity index (χ4v) is 2.55. The van der Waals surface area contributed by atoms with Crippen LogP contribution in [-0.4, -0.2) is 29.9 Å². The van der Waals surface area contributed by atoms with Gasteiger partial charge in [-0.3, -0.25) is 4.79 Å². The molecular weight excluding hydrogens is 358 g/mol. The van der Waals surface area contributed by atoms with Gasteiger partial charge < -0.3 is 15.2 Å². The number of aromatic hydroxyl groups is 1. The van der Waals surface area contributed by atoms with Gasteiger partial charge in [0, 0.05) is 5.56 Å². The number of hydrogen-bond donors (Lipinski definition) is 3. The molecule has 28 heavy (non-hydrogen) atoms. The SMILES string of the molecule is O=C(CNC(=O)OCc1ccccc1)N/N=C/c1c(O)ccc2ccccc12. The van der Waals surface area contributed by atoms with E-state index in [1.165, 1.54) is 6.21 Å².